The van der Waals surface area contributed by atoms with Crippen LogP contribution in [0.2, 0.25) is 0 Å². The van der Waals surface area contributed by atoms with Gasteiger partial charge >= 0.3 is 5.69 Å². The molecule has 2 aromatic heterocycles. The van der Waals surface area contributed by atoms with Crippen molar-refractivity contribution in [2.24, 2.45) is 5.92 Å². The fourth-order valence-corrected chi connectivity index (χ4v) is 3.42. The molecule has 1 fully saturated rings. The van der Waals surface area contributed by atoms with Gasteiger partial charge in [0.15, 0.2) is 5.65 Å². The molecule has 124 valence electrons. The summed E-state index contributed by atoms with van der Waals surface area (Å²) in [6.07, 6.45) is 5.49. The number of pyridine rings is 1. The van der Waals surface area contributed by atoms with Gasteiger partial charge < -0.3 is 9.88 Å². The second kappa shape index (κ2) is 6.56. The molecule has 1 aliphatic rings. The molecule has 1 amide bonds. The first-order valence-electron chi connectivity index (χ1n) is 8.44. The third kappa shape index (κ3) is 3.46. The first kappa shape index (κ1) is 15.8. The zero-order valence-electron chi connectivity index (χ0n) is 13.8. The zero-order chi connectivity index (χ0) is 16.4. The predicted octanol–water partition coefficient (Wildman–Crippen LogP) is 2.68. The summed E-state index contributed by atoms with van der Waals surface area (Å²) >= 11 is 0. The Balaban J connectivity index is 1.89. The Labute approximate surface area is 135 Å². The van der Waals surface area contributed by atoms with Crippen LogP contribution in [0.4, 0.5) is 0 Å². The Hall–Kier alpha value is -2.11. The maximum absolute atomic E-state index is 13.0. The number of carbonyl (C=O) groups is 1. The summed E-state index contributed by atoms with van der Waals surface area (Å²) in [7, 11) is 0. The van der Waals surface area contributed by atoms with Crippen LogP contribution in [-0.2, 0) is 0 Å². The summed E-state index contributed by atoms with van der Waals surface area (Å²) in [4.78, 5) is 35.9. The van der Waals surface area contributed by atoms with E-state index in [1.165, 1.54) is 12.8 Å². The fraction of sp³-hybridized carbons (Fsp3) is 0.588. The van der Waals surface area contributed by atoms with Crippen LogP contribution in [0.5, 0.6) is 0 Å². The number of imidazole rings is 1. The largest absolute Gasteiger partial charge is 0.334 e. The van der Waals surface area contributed by atoms with E-state index in [4.69, 9.17) is 0 Å². The van der Waals surface area contributed by atoms with Crippen LogP contribution < -0.4 is 5.69 Å². The molecule has 6 heteroatoms. The van der Waals surface area contributed by atoms with Crippen molar-refractivity contribution >= 4 is 17.1 Å². The lowest BCUT2D eigenvalue weighted by Crippen LogP contribution is -2.41. The van der Waals surface area contributed by atoms with Crippen LogP contribution in [0.25, 0.3) is 11.2 Å². The van der Waals surface area contributed by atoms with Crippen molar-refractivity contribution in [3.8, 4) is 0 Å². The maximum atomic E-state index is 13.0. The Morgan fingerprint density at radius 2 is 2.13 bits per heavy atom. The molecule has 0 aromatic carbocycles. The fourth-order valence-electron chi connectivity index (χ4n) is 3.42. The molecular formula is C17H24N4O2. The number of amides is 1. The predicted molar refractivity (Wildman–Crippen MR) is 89.5 cm³/mol. The standard InChI is InChI=1S/C17H24N4O2/c1-11(2)10-12-6-4-3-5-9-21(12)16(22)14-8-7-13-15(18-14)20-17(23)19-13/h7-8,11-12H,3-6,9-10H2,1-2H3,(H2,18,19,20,23). The molecule has 2 N–H and O–H groups in total. The average molecular weight is 316 g/mol. The Morgan fingerprint density at radius 1 is 1.30 bits per heavy atom. The van der Waals surface area contributed by atoms with Crippen LogP contribution in [0, 0.1) is 5.92 Å². The second-order valence-electron chi connectivity index (χ2n) is 6.80. The smallest absolute Gasteiger partial charge is 0.325 e. The van der Waals surface area contributed by atoms with Gasteiger partial charge in [-0.3, -0.25) is 9.78 Å². The molecule has 1 aliphatic heterocycles. The molecular weight excluding hydrogens is 292 g/mol. The minimum atomic E-state index is -0.301. The summed E-state index contributed by atoms with van der Waals surface area (Å²) in [5.41, 5.74) is 1.17. The first-order chi connectivity index (χ1) is 11.0. The average Bonchev–Trinajstić information content (AvgIpc) is 2.72. The van der Waals surface area contributed by atoms with E-state index >= 15 is 0 Å². The van der Waals surface area contributed by atoms with Crippen molar-refractivity contribution in [1.82, 2.24) is 19.9 Å². The van der Waals surface area contributed by atoms with Gasteiger partial charge in [-0.05, 0) is 37.3 Å². The molecule has 3 rings (SSSR count). The Kier molecular flexibility index (Phi) is 4.50. The number of likely N-dealkylation sites (tertiary alicyclic amines) is 1. The monoisotopic (exact) mass is 316 g/mol. The highest BCUT2D eigenvalue weighted by Crippen LogP contribution is 2.24. The lowest BCUT2D eigenvalue weighted by Gasteiger charge is -2.31. The number of H-pyrrole nitrogens is 2. The molecule has 2 aromatic rings. The van der Waals surface area contributed by atoms with Crippen molar-refractivity contribution in [3.05, 3.63) is 28.3 Å². The summed E-state index contributed by atoms with van der Waals surface area (Å²) in [6, 6.07) is 3.72. The number of carbonyl (C=O) groups excluding carboxylic acids is 1. The highest BCUT2D eigenvalue weighted by molar-refractivity contribution is 5.94. The van der Waals surface area contributed by atoms with Crippen LogP contribution >= 0.6 is 0 Å². The summed E-state index contributed by atoms with van der Waals surface area (Å²) in [5.74, 6) is 0.534. The third-order valence-electron chi connectivity index (χ3n) is 4.48. The molecule has 0 spiro atoms. The van der Waals surface area contributed by atoms with Crippen molar-refractivity contribution in [2.75, 3.05) is 6.54 Å². The van der Waals surface area contributed by atoms with Crippen molar-refractivity contribution < 1.29 is 4.79 Å². The van der Waals surface area contributed by atoms with Crippen molar-refractivity contribution in [3.63, 3.8) is 0 Å². The molecule has 0 aliphatic carbocycles. The summed E-state index contributed by atoms with van der Waals surface area (Å²) < 4.78 is 0. The lowest BCUT2D eigenvalue weighted by atomic mass is 9.98. The molecule has 3 heterocycles. The van der Waals surface area contributed by atoms with Gasteiger partial charge in [0.2, 0.25) is 0 Å². The van der Waals surface area contributed by atoms with E-state index < -0.39 is 0 Å². The lowest BCUT2D eigenvalue weighted by molar-refractivity contribution is 0.0655. The van der Waals surface area contributed by atoms with Gasteiger partial charge in [-0.25, -0.2) is 9.78 Å². The highest BCUT2D eigenvalue weighted by atomic mass is 16.2. The van der Waals surface area contributed by atoms with E-state index in [-0.39, 0.29) is 17.6 Å². The minimum absolute atomic E-state index is 0.0264. The van der Waals surface area contributed by atoms with Crippen LogP contribution in [0.1, 0.15) is 56.4 Å². The number of fused-ring (bicyclic) bond motifs is 1. The van der Waals surface area contributed by atoms with Gasteiger partial charge in [0, 0.05) is 12.6 Å². The SMILES string of the molecule is CC(C)CC1CCCCCN1C(=O)c1ccc2[nH]c(=O)[nH]c2n1. The van der Waals surface area contributed by atoms with Crippen molar-refractivity contribution in [2.45, 2.75) is 52.0 Å². The van der Waals surface area contributed by atoms with Gasteiger partial charge in [-0.15, -0.1) is 0 Å². The molecule has 0 saturated carbocycles. The number of hydrogen-bond acceptors (Lipinski definition) is 3. The molecule has 1 saturated heterocycles. The van der Waals surface area contributed by atoms with Gasteiger partial charge in [-0.2, -0.15) is 0 Å². The van der Waals surface area contributed by atoms with Gasteiger partial charge in [-0.1, -0.05) is 26.7 Å². The molecule has 23 heavy (non-hydrogen) atoms. The number of aromatic amines is 2. The van der Waals surface area contributed by atoms with E-state index in [0.29, 0.717) is 22.8 Å². The Bertz CT molecular complexity index is 746. The number of rotatable bonds is 3. The van der Waals surface area contributed by atoms with E-state index in [0.717, 1.165) is 25.8 Å². The number of hydrogen-bond donors (Lipinski definition) is 2. The summed E-state index contributed by atoms with van der Waals surface area (Å²) in [5, 5.41) is 0. The summed E-state index contributed by atoms with van der Waals surface area (Å²) in [6.45, 7) is 5.18. The molecule has 0 radical (unpaired) electrons. The number of nitrogens with one attached hydrogen (secondary N) is 2. The van der Waals surface area contributed by atoms with Gasteiger partial charge in [0.25, 0.3) is 5.91 Å². The van der Waals surface area contributed by atoms with Crippen molar-refractivity contribution in [1.29, 1.82) is 0 Å². The number of nitrogens with zero attached hydrogens (tertiary/aromatic N) is 2. The van der Waals surface area contributed by atoms with Gasteiger partial charge in [0.1, 0.15) is 5.69 Å². The third-order valence-corrected chi connectivity index (χ3v) is 4.48. The van der Waals surface area contributed by atoms with Crippen LogP contribution in [0.3, 0.4) is 0 Å². The van der Waals surface area contributed by atoms with E-state index in [2.05, 4.69) is 28.8 Å². The topological polar surface area (TPSA) is 81.9 Å². The normalized spacial score (nSPS) is 19.3. The molecule has 0 bridgehead atoms. The molecule has 1 atom stereocenters. The highest BCUT2D eigenvalue weighted by Gasteiger charge is 2.27. The van der Waals surface area contributed by atoms with E-state index in [9.17, 15) is 9.59 Å². The number of aromatic nitrogens is 3. The zero-order valence-corrected chi connectivity index (χ0v) is 13.8. The van der Waals surface area contributed by atoms with E-state index in [1.54, 1.807) is 12.1 Å². The second-order valence-corrected chi connectivity index (χ2v) is 6.80. The van der Waals surface area contributed by atoms with Crippen LogP contribution in [-0.4, -0.2) is 38.3 Å². The van der Waals surface area contributed by atoms with E-state index in [1.807, 2.05) is 4.90 Å². The quantitative estimate of drug-likeness (QED) is 0.913. The van der Waals surface area contributed by atoms with Crippen LogP contribution in [0.15, 0.2) is 16.9 Å². The Morgan fingerprint density at radius 3 is 2.91 bits per heavy atom. The molecule has 6 nitrogen and oxygen atoms in total. The maximum Gasteiger partial charge on any atom is 0.325 e. The molecule has 1 unspecified atom stereocenters. The minimum Gasteiger partial charge on any atom is -0.334 e. The first-order valence-corrected chi connectivity index (χ1v) is 8.44. The van der Waals surface area contributed by atoms with Gasteiger partial charge in [0.05, 0.1) is 5.52 Å².